The van der Waals surface area contributed by atoms with Crippen LogP contribution in [0.2, 0.25) is 0 Å². The maximum atomic E-state index is 12.6. The van der Waals surface area contributed by atoms with E-state index >= 15 is 0 Å². The normalized spacial score (nSPS) is 12.0. The number of hydrogen-bond donors (Lipinski definition) is 2. The van der Waals surface area contributed by atoms with Gasteiger partial charge in [-0.25, -0.2) is 13.1 Å². The third kappa shape index (κ3) is 5.77. The van der Waals surface area contributed by atoms with Crippen LogP contribution >= 0.6 is 0 Å². The summed E-state index contributed by atoms with van der Waals surface area (Å²) in [4.78, 5) is 24.3. The number of carbonyl (C=O) groups excluding carboxylic acids is 2. The van der Waals surface area contributed by atoms with Gasteiger partial charge in [0.1, 0.15) is 0 Å². The molecule has 0 saturated carbocycles. The van der Waals surface area contributed by atoms with Gasteiger partial charge in [0.25, 0.3) is 5.91 Å². The van der Waals surface area contributed by atoms with Gasteiger partial charge in [-0.05, 0) is 29.8 Å². The number of rotatable bonds is 9. The summed E-state index contributed by atoms with van der Waals surface area (Å²) >= 11 is 0. The van der Waals surface area contributed by atoms with Gasteiger partial charge in [0.2, 0.25) is 10.0 Å². The molecule has 0 aliphatic carbocycles. The number of esters is 1. The van der Waals surface area contributed by atoms with E-state index in [9.17, 15) is 18.0 Å². The van der Waals surface area contributed by atoms with Crippen LogP contribution in [0.1, 0.15) is 28.4 Å². The lowest BCUT2D eigenvalue weighted by atomic mass is 10.0. The Bertz CT molecular complexity index is 925. The molecule has 0 spiro atoms. The van der Waals surface area contributed by atoms with Crippen molar-refractivity contribution in [3.8, 4) is 0 Å². The summed E-state index contributed by atoms with van der Waals surface area (Å²) in [6.07, 6.45) is 1.41. The van der Waals surface area contributed by atoms with Crippen molar-refractivity contribution in [2.24, 2.45) is 0 Å². The van der Waals surface area contributed by atoms with Gasteiger partial charge in [-0.1, -0.05) is 36.4 Å². The summed E-state index contributed by atoms with van der Waals surface area (Å²) in [6.45, 7) is 3.57. The van der Waals surface area contributed by atoms with E-state index in [0.717, 1.165) is 5.56 Å². The highest BCUT2D eigenvalue weighted by molar-refractivity contribution is 7.89. The molecule has 2 N–H and O–H groups in total. The number of benzene rings is 2. The van der Waals surface area contributed by atoms with Crippen molar-refractivity contribution in [2.75, 3.05) is 13.7 Å². The molecule has 0 aromatic heterocycles. The molecule has 0 aliphatic heterocycles. The molecule has 0 radical (unpaired) electrons. The molecule has 7 nitrogen and oxygen atoms in total. The second-order valence-electron chi connectivity index (χ2n) is 5.88. The molecule has 1 amide bonds. The fourth-order valence-electron chi connectivity index (χ4n) is 2.47. The van der Waals surface area contributed by atoms with Gasteiger partial charge in [0.05, 0.1) is 24.5 Å². The van der Waals surface area contributed by atoms with E-state index in [-0.39, 0.29) is 23.4 Å². The Morgan fingerprint density at radius 3 is 2.32 bits per heavy atom. The lowest BCUT2D eigenvalue weighted by Gasteiger charge is -2.18. The van der Waals surface area contributed by atoms with Gasteiger partial charge in [-0.2, -0.15) is 0 Å². The van der Waals surface area contributed by atoms with Gasteiger partial charge in [0, 0.05) is 12.1 Å². The van der Waals surface area contributed by atoms with E-state index in [2.05, 4.69) is 16.6 Å². The number of nitrogens with one attached hydrogen (secondary N) is 2. The van der Waals surface area contributed by atoms with Gasteiger partial charge in [0.15, 0.2) is 0 Å². The second-order valence-corrected chi connectivity index (χ2v) is 7.65. The molecule has 0 heterocycles. The zero-order valence-corrected chi connectivity index (χ0v) is 16.2. The molecule has 0 bridgehead atoms. The van der Waals surface area contributed by atoms with Crippen LogP contribution in [0.3, 0.4) is 0 Å². The number of hydrogen-bond acceptors (Lipinski definition) is 5. The van der Waals surface area contributed by atoms with Crippen LogP contribution in [0.25, 0.3) is 0 Å². The van der Waals surface area contributed by atoms with Crippen LogP contribution in [-0.2, 0) is 19.6 Å². The first-order chi connectivity index (χ1) is 13.4. The number of sulfonamides is 1. The van der Waals surface area contributed by atoms with Crippen molar-refractivity contribution >= 4 is 21.9 Å². The molecule has 2 aromatic rings. The van der Waals surface area contributed by atoms with Crippen LogP contribution < -0.4 is 10.0 Å². The zero-order chi connectivity index (χ0) is 20.6. The molecule has 2 rings (SSSR count). The lowest BCUT2D eigenvalue weighted by Crippen LogP contribution is -2.30. The number of methoxy groups -OCH3 is 1. The lowest BCUT2D eigenvalue weighted by molar-refractivity contribution is -0.141. The van der Waals surface area contributed by atoms with Gasteiger partial charge < -0.3 is 10.1 Å². The topological polar surface area (TPSA) is 102 Å². The first kappa shape index (κ1) is 21.3. The quantitative estimate of drug-likeness (QED) is 0.495. The van der Waals surface area contributed by atoms with Crippen LogP contribution in [0.5, 0.6) is 0 Å². The molecule has 8 heteroatoms. The molecule has 148 valence electrons. The standard InChI is InChI=1S/C20H22N2O5S/c1-3-13-21-28(25,26)17-11-9-16(10-12-17)20(24)22-18(14-19(23)27-2)15-7-5-4-6-8-15/h3-12,18,21H,1,13-14H2,2H3,(H,22,24). The van der Waals surface area contributed by atoms with Crippen molar-refractivity contribution in [3.05, 3.63) is 78.4 Å². The molecule has 28 heavy (non-hydrogen) atoms. The minimum Gasteiger partial charge on any atom is -0.469 e. The van der Waals surface area contributed by atoms with E-state index in [1.165, 1.54) is 37.5 Å². The van der Waals surface area contributed by atoms with E-state index in [1.807, 2.05) is 18.2 Å². The largest absolute Gasteiger partial charge is 0.469 e. The summed E-state index contributed by atoms with van der Waals surface area (Å²) in [6, 6.07) is 14.0. The van der Waals surface area contributed by atoms with Crippen molar-refractivity contribution < 1.29 is 22.7 Å². The maximum absolute atomic E-state index is 12.6. The summed E-state index contributed by atoms with van der Waals surface area (Å²) < 4.78 is 31.2. The Kier molecular flexibility index (Phi) is 7.48. The highest BCUT2D eigenvalue weighted by Crippen LogP contribution is 2.18. The summed E-state index contributed by atoms with van der Waals surface area (Å²) in [5, 5.41) is 2.79. The fraction of sp³-hybridized carbons (Fsp3) is 0.200. The molecule has 0 fully saturated rings. The summed E-state index contributed by atoms with van der Waals surface area (Å²) in [5.41, 5.74) is 1.03. The highest BCUT2D eigenvalue weighted by Gasteiger charge is 2.20. The van der Waals surface area contributed by atoms with Crippen LogP contribution in [0.4, 0.5) is 0 Å². The summed E-state index contributed by atoms with van der Waals surface area (Å²) in [5.74, 6) is -0.885. The van der Waals surface area contributed by atoms with Crippen molar-refractivity contribution in [1.29, 1.82) is 0 Å². The highest BCUT2D eigenvalue weighted by atomic mass is 32.2. The maximum Gasteiger partial charge on any atom is 0.307 e. The van der Waals surface area contributed by atoms with Crippen LogP contribution in [-0.4, -0.2) is 33.9 Å². The Morgan fingerprint density at radius 2 is 1.75 bits per heavy atom. The first-order valence-corrected chi connectivity index (χ1v) is 9.99. The molecular formula is C20H22N2O5S. The zero-order valence-electron chi connectivity index (χ0n) is 15.4. The van der Waals surface area contributed by atoms with E-state index in [0.29, 0.717) is 0 Å². The molecule has 0 saturated heterocycles. The number of ether oxygens (including phenoxy) is 1. The van der Waals surface area contributed by atoms with Crippen LogP contribution in [0, 0.1) is 0 Å². The van der Waals surface area contributed by atoms with Gasteiger partial charge >= 0.3 is 5.97 Å². The predicted molar refractivity (Wildman–Crippen MR) is 105 cm³/mol. The van der Waals surface area contributed by atoms with Crippen molar-refractivity contribution in [3.63, 3.8) is 0 Å². The second kappa shape index (κ2) is 9.82. The fourth-order valence-corrected chi connectivity index (χ4v) is 3.46. The van der Waals surface area contributed by atoms with Gasteiger partial charge in [-0.3, -0.25) is 9.59 Å². The minimum absolute atomic E-state index is 0.0236. The molecule has 0 aliphatic rings. The SMILES string of the molecule is C=CCNS(=O)(=O)c1ccc(C(=O)NC(CC(=O)OC)c2ccccc2)cc1. The number of carbonyl (C=O) groups is 2. The monoisotopic (exact) mass is 402 g/mol. The molecule has 1 unspecified atom stereocenters. The third-order valence-corrected chi connectivity index (χ3v) is 5.39. The average Bonchev–Trinajstić information content (AvgIpc) is 2.72. The smallest absolute Gasteiger partial charge is 0.307 e. The Labute approximate surface area is 164 Å². The Morgan fingerprint density at radius 1 is 1.11 bits per heavy atom. The predicted octanol–water partition coefficient (Wildman–Crippen LogP) is 2.19. The van der Waals surface area contributed by atoms with E-state index in [4.69, 9.17) is 4.74 Å². The van der Waals surface area contributed by atoms with Crippen molar-refractivity contribution in [2.45, 2.75) is 17.4 Å². The Balaban J connectivity index is 2.17. The third-order valence-electron chi connectivity index (χ3n) is 3.95. The molecular weight excluding hydrogens is 380 g/mol. The minimum atomic E-state index is -3.66. The Hall–Kier alpha value is -2.97. The average molecular weight is 402 g/mol. The number of amides is 1. The summed E-state index contributed by atoms with van der Waals surface area (Å²) in [7, 11) is -2.38. The van der Waals surface area contributed by atoms with Crippen molar-refractivity contribution in [1.82, 2.24) is 10.0 Å². The van der Waals surface area contributed by atoms with Crippen LogP contribution in [0.15, 0.2) is 72.1 Å². The van der Waals surface area contributed by atoms with E-state index < -0.39 is 27.9 Å². The van der Waals surface area contributed by atoms with E-state index in [1.54, 1.807) is 12.1 Å². The van der Waals surface area contributed by atoms with Gasteiger partial charge in [-0.15, -0.1) is 6.58 Å². The first-order valence-electron chi connectivity index (χ1n) is 8.50. The molecule has 1 atom stereocenters. The molecule has 2 aromatic carbocycles.